The average Bonchev–Trinajstić information content (AvgIpc) is 2.55. The van der Waals surface area contributed by atoms with Crippen LogP contribution in [0, 0.1) is 5.92 Å². The van der Waals surface area contributed by atoms with Gasteiger partial charge in [-0.25, -0.2) is 0 Å². The van der Waals surface area contributed by atoms with Gasteiger partial charge in [0, 0.05) is 18.3 Å². The predicted octanol–water partition coefficient (Wildman–Crippen LogP) is 3.67. The minimum atomic E-state index is 0.0198. The molecule has 2 N–H and O–H groups in total. The highest BCUT2D eigenvalue weighted by molar-refractivity contribution is 5.86. The zero-order chi connectivity index (χ0) is 14.7. The highest BCUT2D eigenvalue weighted by Crippen LogP contribution is 2.32. The van der Waals surface area contributed by atoms with Crippen LogP contribution >= 0.6 is 0 Å². The van der Waals surface area contributed by atoms with Crippen molar-refractivity contribution in [2.24, 2.45) is 5.92 Å². The Morgan fingerprint density at radius 1 is 1.19 bits per heavy atom. The summed E-state index contributed by atoms with van der Waals surface area (Å²) in [5.41, 5.74) is 2.28. The number of rotatable bonds is 3. The summed E-state index contributed by atoms with van der Waals surface area (Å²) in [6.07, 6.45) is 7.01. The minimum Gasteiger partial charge on any atom is -0.385 e. The summed E-state index contributed by atoms with van der Waals surface area (Å²) in [6.45, 7) is 3.16. The van der Waals surface area contributed by atoms with Crippen molar-refractivity contribution < 1.29 is 4.79 Å². The molecule has 1 amide bonds. The van der Waals surface area contributed by atoms with Crippen LogP contribution in [0.2, 0.25) is 0 Å². The zero-order valence-electron chi connectivity index (χ0n) is 12.9. The molecule has 2 aliphatic rings. The average molecular weight is 286 g/mol. The molecule has 0 radical (unpaired) electrons. The summed E-state index contributed by atoms with van der Waals surface area (Å²) >= 11 is 0. The van der Waals surface area contributed by atoms with Crippen molar-refractivity contribution in [1.29, 1.82) is 0 Å². The molecule has 21 heavy (non-hydrogen) atoms. The maximum absolute atomic E-state index is 12.6. The normalized spacial score (nSPS) is 28.3. The standard InChI is InChI=1S/C18H26N2O/c1-2-13-7-9-14(10-8-13)20-18(21)16-11-12-19-17-6-4-3-5-15(16)17/h3-6,13-14,16,19H,2,7-12H2,1H3,(H,20,21). The van der Waals surface area contributed by atoms with Crippen LogP contribution in [0.1, 0.15) is 56.9 Å². The van der Waals surface area contributed by atoms with Crippen LogP contribution in [-0.4, -0.2) is 18.5 Å². The van der Waals surface area contributed by atoms with Gasteiger partial charge in [-0.1, -0.05) is 31.5 Å². The van der Waals surface area contributed by atoms with Crippen molar-refractivity contribution in [1.82, 2.24) is 5.32 Å². The van der Waals surface area contributed by atoms with Crippen molar-refractivity contribution in [3.63, 3.8) is 0 Å². The van der Waals surface area contributed by atoms with Gasteiger partial charge in [0.1, 0.15) is 0 Å². The molecule has 1 heterocycles. The number of anilines is 1. The molecule has 0 saturated heterocycles. The van der Waals surface area contributed by atoms with Crippen LogP contribution in [0.15, 0.2) is 24.3 Å². The topological polar surface area (TPSA) is 41.1 Å². The third-order valence-corrected chi connectivity index (χ3v) is 5.17. The summed E-state index contributed by atoms with van der Waals surface area (Å²) in [7, 11) is 0. The second-order valence-corrected chi connectivity index (χ2v) is 6.49. The highest BCUT2D eigenvalue weighted by atomic mass is 16.1. The Labute approximate surface area is 127 Å². The molecular weight excluding hydrogens is 260 g/mol. The van der Waals surface area contributed by atoms with Crippen LogP contribution in [0.25, 0.3) is 0 Å². The molecule has 0 spiro atoms. The van der Waals surface area contributed by atoms with Gasteiger partial charge in [0.2, 0.25) is 5.91 Å². The first kappa shape index (κ1) is 14.4. The molecule has 1 aromatic rings. The van der Waals surface area contributed by atoms with Gasteiger partial charge in [-0.2, -0.15) is 0 Å². The zero-order valence-corrected chi connectivity index (χ0v) is 12.9. The molecular formula is C18H26N2O. The molecule has 1 atom stereocenters. The maximum atomic E-state index is 12.6. The van der Waals surface area contributed by atoms with Crippen molar-refractivity contribution in [2.45, 2.75) is 57.4 Å². The van der Waals surface area contributed by atoms with E-state index in [1.807, 2.05) is 12.1 Å². The van der Waals surface area contributed by atoms with Crippen LogP contribution in [-0.2, 0) is 4.79 Å². The van der Waals surface area contributed by atoms with Gasteiger partial charge < -0.3 is 10.6 Å². The number of nitrogens with one attached hydrogen (secondary N) is 2. The molecule has 0 bridgehead atoms. The van der Waals surface area contributed by atoms with Gasteiger partial charge >= 0.3 is 0 Å². The molecule has 3 heteroatoms. The molecule has 1 unspecified atom stereocenters. The van der Waals surface area contributed by atoms with Crippen molar-refractivity contribution >= 4 is 11.6 Å². The number of hydrogen-bond donors (Lipinski definition) is 2. The molecule has 1 fully saturated rings. The Morgan fingerprint density at radius 2 is 1.95 bits per heavy atom. The Bertz CT molecular complexity index is 492. The quantitative estimate of drug-likeness (QED) is 0.890. The van der Waals surface area contributed by atoms with Crippen LogP contribution in [0.4, 0.5) is 5.69 Å². The van der Waals surface area contributed by atoms with E-state index in [-0.39, 0.29) is 11.8 Å². The fourth-order valence-electron chi connectivity index (χ4n) is 3.76. The van der Waals surface area contributed by atoms with E-state index in [4.69, 9.17) is 0 Å². The molecule has 0 aromatic heterocycles. The van der Waals surface area contributed by atoms with Crippen molar-refractivity contribution in [3.8, 4) is 0 Å². The monoisotopic (exact) mass is 286 g/mol. The number of benzene rings is 1. The number of para-hydroxylation sites is 1. The number of carbonyl (C=O) groups excluding carboxylic acids is 1. The Balaban J connectivity index is 1.62. The van der Waals surface area contributed by atoms with Gasteiger partial charge in [0.25, 0.3) is 0 Å². The molecule has 1 saturated carbocycles. The van der Waals surface area contributed by atoms with Gasteiger partial charge in [0.05, 0.1) is 5.92 Å². The Kier molecular flexibility index (Phi) is 4.47. The smallest absolute Gasteiger partial charge is 0.227 e. The van der Waals surface area contributed by atoms with E-state index >= 15 is 0 Å². The predicted molar refractivity (Wildman–Crippen MR) is 86.5 cm³/mol. The lowest BCUT2D eigenvalue weighted by atomic mass is 9.84. The van der Waals surface area contributed by atoms with E-state index in [0.29, 0.717) is 6.04 Å². The fraction of sp³-hybridized carbons (Fsp3) is 0.611. The highest BCUT2D eigenvalue weighted by Gasteiger charge is 2.29. The second kappa shape index (κ2) is 6.50. The Morgan fingerprint density at radius 3 is 2.71 bits per heavy atom. The van der Waals surface area contributed by atoms with E-state index in [9.17, 15) is 4.79 Å². The number of fused-ring (bicyclic) bond motifs is 1. The van der Waals surface area contributed by atoms with Crippen LogP contribution in [0.3, 0.4) is 0 Å². The summed E-state index contributed by atoms with van der Waals surface area (Å²) in [6, 6.07) is 8.60. The lowest BCUT2D eigenvalue weighted by Gasteiger charge is -2.31. The van der Waals surface area contributed by atoms with Crippen molar-refractivity contribution in [3.05, 3.63) is 29.8 Å². The van der Waals surface area contributed by atoms with Crippen LogP contribution < -0.4 is 10.6 Å². The third-order valence-electron chi connectivity index (χ3n) is 5.17. The third kappa shape index (κ3) is 3.22. The van der Waals surface area contributed by atoms with E-state index in [0.717, 1.165) is 43.0 Å². The van der Waals surface area contributed by atoms with E-state index in [2.05, 4.69) is 29.7 Å². The lowest BCUT2D eigenvalue weighted by Crippen LogP contribution is -2.41. The first-order valence-corrected chi connectivity index (χ1v) is 8.41. The number of amides is 1. The largest absolute Gasteiger partial charge is 0.385 e. The summed E-state index contributed by atoms with van der Waals surface area (Å²) in [5, 5.41) is 6.69. The molecule has 1 aliphatic heterocycles. The Hall–Kier alpha value is -1.51. The van der Waals surface area contributed by atoms with Gasteiger partial charge in [-0.05, 0) is 49.7 Å². The van der Waals surface area contributed by atoms with E-state index < -0.39 is 0 Å². The maximum Gasteiger partial charge on any atom is 0.227 e. The molecule has 3 nitrogen and oxygen atoms in total. The molecule has 114 valence electrons. The minimum absolute atomic E-state index is 0.0198. The van der Waals surface area contributed by atoms with Gasteiger partial charge in [0.15, 0.2) is 0 Å². The van der Waals surface area contributed by atoms with Crippen molar-refractivity contribution in [2.75, 3.05) is 11.9 Å². The van der Waals surface area contributed by atoms with E-state index in [1.165, 1.54) is 19.3 Å². The van der Waals surface area contributed by atoms with Gasteiger partial charge in [-0.3, -0.25) is 4.79 Å². The number of carbonyl (C=O) groups is 1. The first-order chi connectivity index (χ1) is 10.3. The summed E-state index contributed by atoms with van der Waals surface area (Å²) < 4.78 is 0. The molecule has 3 rings (SSSR count). The fourth-order valence-corrected chi connectivity index (χ4v) is 3.76. The van der Waals surface area contributed by atoms with E-state index in [1.54, 1.807) is 0 Å². The number of hydrogen-bond acceptors (Lipinski definition) is 2. The molecule has 1 aliphatic carbocycles. The first-order valence-electron chi connectivity index (χ1n) is 8.41. The lowest BCUT2D eigenvalue weighted by molar-refractivity contribution is -0.123. The molecule has 1 aromatic carbocycles. The van der Waals surface area contributed by atoms with Gasteiger partial charge in [-0.15, -0.1) is 0 Å². The van der Waals surface area contributed by atoms with Crippen LogP contribution in [0.5, 0.6) is 0 Å². The summed E-state index contributed by atoms with van der Waals surface area (Å²) in [5.74, 6) is 1.12. The summed E-state index contributed by atoms with van der Waals surface area (Å²) in [4.78, 5) is 12.6. The second-order valence-electron chi connectivity index (χ2n) is 6.49. The SMILES string of the molecule is CCC1CCC(NC(=O)C2CCNc3ccccc32)CC1.